The van der Waals surface area contributed by atoms with E-state index in [0.29, 0.717) is 10.6 Å². The van der Waals surface area contributed by atoms with Gasteiger partial charge in [0.2, 0.25) is 0 Å². The number of hydrogen-bond acceptors (Lipinski definition) is 7. The molecule has 1 unspecified atom stereocenters. The van der Waals surface area contributed by atoms with Crippen LogP contribution in [0.1, 0.15) is 22.0 Å². The molecule has 182 valence electrons. The molecule has 1 N–H and O–H groups in total. The Morgan fingerprint density at radius 1 is 1.03 bits per heavy atom. The number of benzene rings is 2. The minimum atomic E-state index is -0.820. The molecule has 0 spiro atoms. The van der Waals surface area contributed by atoms with Crippen molar-refractivity contribution in [2.75, 3.05) is 21.3 Å². The Kier molecular flexibility index (Phi) is 7.25. The van der Waals surface area contributed by atoms with E-state index in [4.69, 9.17) is 37.4 Å². The number of amides is 1. The zero-order valence-corrected chi connectivity index (χ0v) is 21.3. The number of ether oxygens (including phenoxy) is 3. The predicted molar refractivity (Wildman–Crippen MR) is 135 cm³/mol. The number of nitrogens with zero attached hydrogens (tertiary/aromatic N) is 1. The molecule has 2 aromatic carbocycles. The molecule has 1 saturated heterocycles. The van der Waals surface area contributed by atoms with Crippen molar-refractivity contribution in [3.05, 3.63) is 79.5 Å². The van der Waals surface area contributed by atoms with Gasteiger partial charge < -0.3 is 24.2 Å². The lowest BCUT2D eigenvalue weighted by Crippen LogP contribution is -2.28. The summed E-state index contributed by atoms with van der Waals surface area (Å²) in [5, 5.41) is 13.4. The van der Waals surface area contributed by atoms with E-state index in [2.05, 4.69) is 0 Å². The first kappa shape index (κ1) is 24.9. The molecule has 1 atom stereocenters. The van der Waals surface area contributed by atoms with Crippen LogP contribution in [0.2, 0.25) is 10.0 Å². The molecule has 1 fully saturated rings. The zero-order chi connectivity index (χ0) is 25.3. The van der Waals surface area contributed by atoms with E-state index in [9.17, 15) is 14.7 Å². The Hall–Kier alpha value is -3.20. The number of carbonyl (C=O) groups excluding carboxylic acids is 2. The van der Waals surface area contributed by atoms with Crippen LogP contribution in [0.25, 0.3) is 5.76 Å². The van der Waals surface area contributed by atoms with E-state index in [-0.39, 0.29) is 39.2 Å². The van der Waals surface area contributed by atoms with Crippen LogP contribution in [0.4, 0.5) is 0 Å². The van der Waals surface area contributed by atoms with E-state index in [1.165, 1.54) is 36.5 Å². The molecular weight excluding hydrogens is 513 g/mol. The summed E-state index contributed by atoms with van der Waals surface area (Å²) >= 11 is 14.1. The van der Waals surface area contributed by atoms with E-state index < -0.39 is 23.5 Å². The number of likely N-dealkylation sites (tertiary alicyclic amines) is 1. The van der Waals surface area contributed by atoms with Gasteiger partial charge in [0.1, 0.15) is 16.5 Å². The molecule has 0 radical (unpaired) electrons. The average molecular weight is 534 g/mol. The zero-order valence-electron chi connectivity index (χ0n) is 19.0. The smallest absolute Gasteiger partial charge is 0.295 e. The molecule has 0 aliphatic carbocycles. The standard InChI is InChI=1S/C25H21Cl2NO6S/c1-32-14-8-6-13(7-9-14)12-28-20(17-5-4-10-35-17)18(22(30)25(28)31)21(29)15-11-16(26)24(34-3)19(27)23(15)33-2/h4-11,20,29H,12H2,1-3H3/b21-18-. The summed E-state index contributed by atoms with van der Waals surface area (Å²) < 4.78 is 15.8. The molecule has 10 heteroatoms. The number of aliphatic hydroxyl groups is 1. The maximum atomic E-state index is 13.3. The number of hydrogen-bond donors (Lipinski definition) is 1. The van der Waals surface area contributed by atoms with Crippen molar-refractivity contribution in [2.45, 2.75) is 12.6 Å². The normalized spacial score (nSPS) is 17.1. The van der Waals surface area contributed by atoms with Gasteiger partial charge in [-0.05, 0) is 35.2 Å². The summed E-state index contributed by atoms with van der Waals surface area (Å²) in [5.74, 6) is -1.09. The van der Waals surface area contributed by atoms with Crippen LogP contribution in [0.15, 0.2) is 53.4 Å². The molecule has 0 bridgehead atoms. The Labute approximate surface area is 216 Å². The molecule has 1 aliphatic heterocycles. The molecule has 35 heavy (non-hydrogen) atoms. The fourth-order valence-electron chi connectivity index (χ4n) is 4.01. The monoisotopic (exact) mass is 533 g/mol. The lowest BCUT2D eigenvalue weighted by molar-refractivity contribution is -0.140. The summed E-state index contributed by atoms with van der Waals surface area (Å²) in [6, 6.07) is 11.4. The van der Waals surface area contributed by atoms with E-state index in [1.807, 2.05) is 23.6 Å². The second-order valence-corrected chi connectivity index (χ2v) is 9.34. The molecule has 3 aromatic rings. The largest absolute Gasteiger partial charge is 0.507 e. The van der Waals surface area contributed by atoms with Gasteiger partial charge in [-0.3, -0.25) is 9.59 Å². The lowest BCUT2D eigenvalue weighted by atomic mass is 9.99. The molecule has 0 saturated carbocycles. The highest BCUT2D eigenvalue weighted by molar-refractivity contribution is 7.10. The first-order chi connectivity index (χ1) is 16.8. The molecule has 4 rings (SSSR count). The van der Waals surface area contributed by atoms with E-state index >= 15 is 0 Å². The van der Waals surface area contributed by atoms with Crippen molar-refractivity contribution in [3.63, 3.8) is 0 Å². The summed E-state index contributed by atoms with van der Waals surface area (Å²) in [6.45, 7) is 0.148. The van der Waals surface area contributed by atoms with Gasteiger partial charge >= 0.3 is 0 Å². The number of rotatable bonds is 7. The third kappa shape index (κ3) is 4.45. The Balaban J connectivity index is 1.87. The maximum absolute atomic E-state index is 13.3. The molecule has 1 amide bonds. The van der Waals surface area contributed by atoms with Crippen molar-refractivity contribution >= 4 is 52.0 Å². The van der Waals surface area contributed by atoms with Crippen LogP contribution in [0, 0.1) is 0 Å². The fraction of sp³-hybridized carbons (Fsp3) is 0.200. The van der Waals surface area contributed by atoms with Crippen LogP contribution in [0.3, 0.4) is 0 Å². The van der Waals surface area contributed by atoms with Crippen LogP contribution in [-0.4, -0.2) is 43.0 Å². The highest BCUT2D eigenvalue weighted by atomic mass is 35.5. The minimum Gasteiger partial charge on any atom is -0.507 e. The second-order valence-electron chi connectivity index (χ2n) is 7.58. The van der Waals surface area contributed by atoms with Gasteiger partial charge in [-0.15, -0.1) is 11.3 Å². The number of ketones is 1. The molecule has 1 aliphatic rings. The summed E-state index contributed by atoms with van der Waals surface area (Å²) in [6.07, 6.45) is 0. The van der Waals surface area contributed by atoms with E-state index in [0.717, 1.165) is 5.56 Å². The van der Waals surface area contributed by atoms with Crippen molar-refractivity contribution in [3.8, 4) is 17.2 Å². The van der Waals surface area contributed by atoms with Gasteiger partial charge in [0, 0.05) is 11.4 Å². The number of halogens is 2. The van der Waals surface area contributed by atoms with Crippen molar-refractivity contribution in [2.24, 2.45) is 0 Å². The number of aliphatic hydroxyl groups excluding tert-OH is 1. The Morgan fingerprint density at radius 2 is 1.71 bits per heavy atom. The maximum Gasteiger partial charge on any atom is 0.295 e. The van der Waals surface area contributed by atoms with Crippen LogP contribution < -0.4 is 14.2 Å². The van der Waals surface area contributed by atoms with Gasteiger partial charge in [0.25, 0.3) is 11.7 Å². The van der Waals surface area contributed by atoms with Crippen LogP contribution in [-0.2, 0) is 16.1 Å². The molecular formula is C25H21Cl2NO6S. The minimum absolute atomic E-state index is 0.0317. The van der Waals surface area contributed by atoms with Gasteiger partial charge in [-0.2, -0.15) is 0 Å². The topological polar surface area (TPSA) is 85.3 Å². The van der Waals surface area contributed by atoms with Crippen molar-refractivity contribution in [1.29, 1.82) is 0 Å². The first-order valence-electron chi connectivity index (χ1n) is 10.4. The van der Waals surface area contributed by atoms with Gasteiger partial charge in [-0.1, -0.05) is 41.4 Å². The number of thiophene rings is 1. The molecule has 7 nitrogen and oxygen atoms in total. The summed E-state index contributed by atoms with van der Waals surface area (Å²) in [5.41, 5.74) is 0.788. The van der Waals surface area contributed by atoms with Crippen molar-refractivity contribution < 1.29 is 28.9 Å². The Morgan fingerprint density at radius 3 is 2.29 bits per heavy atom. The Bertz CT molecular complexity index is 1300. The van der Waals surface area contributed by atoms with Crippen LogP contribution >= 0.6 is 34.5 Å². The first-order valence-corrected chi connectivity index (χ1v) is 12.0. The third-order valence-corrected chi connectivity index (χ3v) is 7.21. The summed E-state index contributed by atoms with van der Waals surface area (Å²) in [4.78, 5) is 28.6. The van der Waals surface area contributed by atoms with Gasteiger partial charge in [-0.25, -0.2) is 0 Å². The third-order valence-electron chi connectivity index (χ3n) is 5.66. The van der Waals surface area contributed by atoms with Gasteiger partial charge in [0.05, 0.1) is 43.5 Å². The number of carbonyl (C=O) groups is 2. The number of Topliss-reactive ketones (excluding diaryl/α,β-unsaturated/α-hetero) is 1. The molecule has 1 aromatic heterocycles. The lowest BCUT2D eigenvalue weighted by Gasteiger charge is -2.24. The average Bonchev–Trinajstić information content (AvgIpc) is 3.47. The predicted octanol–water partition coefficient (Wildman–Crippen LogP) is 5.70. The van der Waals surface area contributed by atoms with E-state index in [1.54, 1.807) is 25.3 Å². The SMILES string of the molecule is COc1ccc(CN2C(=O)C(=O)/C(=C(\O)c3cc(Cl)c(OC)c(Cl)c3OC)C2c2cccs2)cc1. The molecule has 2 heterocycles. The highest BCUT2D eigenvalue weighted by Crippen LogP contribution is 2.48. The van der Waals surface area contributed by atoms with Crippen molar-refractivity contribution in [1.82, 2.24) is 4.90 Å². The quantitative estimate of drug-likeness (QED) is 0.238. The van der Waals surface area contributed by atoms with Crippen LogP contribution in [0.5, 0.6) is 17.2 Å². The van der Waals surface area contributed by atoms with Gasteiger partial charge in [0.15, 0.2) is 11.5 Å². The fourth-order valence-corrected chi connectivity index (χ4v) is 5.54. The summed E-state index contributed by atoms with van der Waals surface area (Å²) in [7, 11) is 4.33. The number of methoxy groups -OCH3 is 3. The second kappa shape index (κ2) is 10.2. The highest BCUT2D eigenvalue weighted by Gasteiger charge is 2.47.